The molecule has 0 aromatic heterocycles. The van der Waals surface area contributed by atoms with E-state index in [1.807, 2.05) is 52.0 Å². The van der Waals surface area contributed by atoms with Crippen molar-refractivity contribution >= 4 is 11.9 Å². The Kier molecular flexibility index (Phi) is 8.04. The molecule has 1 aromatic carbocycles. The molecule has 1 amide bonds. The Labute approximate surface area is 150 Å². The summed E-state index contributed by atoms with van der Waals surface area (Å²) >= 11 is 0. The summed E-state index contributed by atoms with van der Waals surface area (Å²) in [6.45, 7) is 8.48. The van der Waals surface area contributed by atoms with Crippen molar-refractivity contribution in [1.82, 2.24) is 16.0 Å². The van der Waals surface area contributed by atoms with Crippen molar-refractivity contribution in [2.24, 2.45) is 4.99 Å². The van der Waals surface area contributed by atoms with Gasteiger partial charge in [0, 0.05) is 12.6 Å². The maximum Gasteiger partial charge on any atom is 0.239 e. The number of methoxy groups -OCH3 is 1. The molecule has 0 bridgehead atoms. The van der Waals surface area contributed by atoms with E-state index in [1.165, 1.54) is 0 Å². The zero-order valence-corrected chi connectivity index (χ0v) is 16.0. The third-order valence-corrected chi connectivity index (χ3v) is 3.11. The summed E-state index contributed by atoms with van der Waals surface area (Å²) in [5.41, 5.74) is -0.254. The van der Waals surface area contributed by atoms with E-state index in [1.54, 1.807) is 14.2 Å². The van der Waals surface area contributed by atoms with Gasteiger partial charge in [-0.15, -0.1) is 0 Å². The van der Waals surface area contributed by atoms with Crippen molar-refractivity contribution < 1.29 is 14.3 Å². The van der Waals surface area contributed by atoms with Crippen LogP contribution in [0.5, 0.6) is 11.5 Å². The highest BCUT2D eigenvalue weighted by molar-refractivity contribution is 5.86. The molecule has 3 N–H and O–H groups in total. The van der Waals surface area contributed by atoms with Gasteiger partial charge in [-0.2, -0.15) is 0 Å². The van der Waals surface area contributed by atoms with E-state index in [0.29, 0.717) is 12.5 Å². The summed E-state index contributed by atoms with van der Waals surface area (Å²) in [6, 6.07) is 7.42. The Balaban J connectivity index is 2.36. The first-order valence-electron chi connectivity index (χ1n) is 8.29. The highest BCUT2D eigenvalue weighted by Crippen LogP contribution is 2.17. The van der Waals surface area contributed by atoms with Crippen LogP contribution < -0.4 is 25.4 Å². The van der Waals surface area contributed by atoms with Gasteiger partial charge in [0.05, 0.1) is 20.2 Å². The van der Waals surface area contributed by atoms with Gasteiger partial charge in [-0.25, -0.2) is 0 Å². The largest absolute Gasteiger partial charge is 0.497 e. The molecule has 0 saturated heterocycles. The van der Waals surface area contributed by atoms with Gasteiger partial charge >= 0.3 is 0 Å². The van der Waals surface area contributed by atoms with Gasteiger partial charge in [-0.05, 0) is 52.0 Å². The second-order valence-electron chi connectivity index (χ2n) is 6.71. The number of carbonyl (C=O) groups is 1. The number of rotatable bonds is 7. The Morgan fingerprint density at radius 2 is 1.76 bits per heavy atom. The number of ether oxygens (including phenoxy) is 2. The van der Waals surface area contributed by atoms with Crippen LogP contribution in [0.25, 0.3) is 0 Å². The molecule has 1 atom stereocenters. The monoisotopic (exact) mass is 350 g/mol. The minimum Gasteiger partial charge on any atom is -0.497 e. The molecule has 0 heterocycles. The smallest absolute Gasteiger partial charge is 0.239 e. The molecule has 1 aromatic rings. The summed E-state index contributed by atoms with van der Waals surface area (Å²) in [5, 5.41) is 9.01. The number of amides is 1. The standard InChI is InChI=1S/C18H30N4O3/c1-13(25-15-9-7-14(24-6)8-10-15)11-20-17(19-5)21-12-16(23)22-18(2,3)4/h7-10,13H,11-12H2,1-6H3,(H,22,23)(H2,19,20,21). The van der Waals surface area contributed by atoms with E-state index in [2.05, 4.69) is 20.9 Å². The fourth-order valence-electron chi connectivity index (χ4n) is 2.02. The summed E-state index contributed by atoms with van der Waals surface area (Å²) in [6.07, 6.45) is -0.0738. The molecule has 7 heteroatoms. The Morgan fingerprint density at radius 3 is 2.28 bits per heavy atom. The highest BCUT2D eigenvalue weighted by atomic mass is 16.5. The van der Waals surface area contributed by atoms with Crippen LogP contribution in [0.15, 0.2) is 29.3 Å². The van der Waals surface area contributed by atoms with E-state index in [-0.39, 0.29) is 24.1 Å². The van der Waals surface area contributed by atoms with Crippen LogP contribution in [-0.4, -0.2) is 50.8 Å². The van der Waals surface area contributed by atoms with Crippen LogP contribution in [0, 0.1) is 0 Å². The SMILES string of the molecule is CN=C(NCC(=O)NC(C)(C)C)NCC(C)Oc1ccc(OC)cc1. The zero-order valence-electron chi connectivity index (χ0n) is 16.0. The number of nitrogens with one attached hydrogen (secondary N) is 3. The number of nitrogens with zero attached hydrogens (tertiary/aromatic N) is 1. The van der Waals surface area contributed by atoms with Crippen molar-refractivity contribution in [3.8, 4) is 11.5 Å². The number of hydrogen-bond donors (Lipinski definition) is 3. The fraction of sp³-hybridized carbons (Fsp3) is 0.556. The van der Waals surface area contributed by atoms with Crippen molar-refractivity contribution in [1.29, 1.82) is 0 Å². The molecule has 0 spiro atoms. The Hall–Kier alpha value is -2.44. The van der Waals surface area contributed by atoms with Crippen LogP contribution in [0.2, 0.25) is 0 Å². The van der Waals surface area contributed by atoms with Gasteiger partial charge < -0.3 is 25.4 Å². The Morgan fingerprint density at radius 1 is 1.16 bits per heavy atom. The minimum absolute atomic E-state index is 0.0738. The normalized spacial score (nSPS) is 13.0. The van der Waals surface area contributed by atoms with Gasteiger partial charge in [0.1, 0.15) is 17.6 Å². The van der Waals surface area contributed by atoms with E-state index in [9.17, 15) is 4.79 Å². The second-order valence-corrected chi connectivity index (χ2v) is 6.71. The van der Waals surface area contributed by atoms with Gasteiger partial charge in [-0.3, -0.25) is 9.79 Å². The van der Waals surface area contributed by atoms with Gasteiger partial charge in [-0.1, -0.05) is 0 Å². The molecular formula is C18H30N4O3. The van der Waals surface area contributed by atoms with Gasteiger partial charge in [0.2, 0.25) is 5.91 Å². The van der Waals surface area contributed by atoms with E-state index in [0.717, 1.165) is 11.5 Å². The lowest BCUT2D eigenvalue weighted by molar-refractivity contribution is -0.121. The topological polar surface area (TPSA) is 84.0 Å². The van der Waals surface area contributed by atoms with Crippen LogP contribution in [-0.2, 0) is 4.79 Å². The highest BCUT2D eigenvalue weighted by Gasteiger charge is 2.14. The van der Waals surface area contributed by atoms with Crippen LogP contribution in [0.1, 0.15) is 27.7 Å². The average molecular weight is 350 g/mol. The molecule has 0 saturated carbocycles. The molecule has 0 fully saturated rings. The van der Waals surface area contributed by atoms with E-state index >= 15 is 0 Å². The minimum atomic E-state index is -0.254. The first-order chi connectivity index (χ1) is 11.7. The van der Waals surface area contributed by atoms with Crippen molar-refractivity contribution in [3.05, 3.63) is 24.3 Å². The summed E-state index contributed by atoms with van der Waals surface area (Å²) in [5.74, 6) is 2.02. The summed E-state index contributed by atoms with van der Waals surface area (Å²) in [7, 11) is 3.29. The zero-order chi connectivity index (χ0) is 18.9. The van der Waals surface area contributed by atoms with Gasteiger partial charge in [0.15, 0.2) is 5.96 Å². The second kappa shape index (κ2) is 9.76. The Bertz CT molecular complexity index is 565. The lowest BCUT2D eigenvalue weighted by atomic mass is 10.1. The molecule has 25 heavy (non-hydrogen) atoms. The third-order valence-electron chi connectivity index (χ3n) is 3.11. The van der Waals surface area contributed by atoms with Crippen molar-refractivity contribution in [3.63, 3.8) is 0 Å². The first-order valence-corrected chi connectivity index (χ1v) is 8.29. The predicted molar refractivity (Wildman–Crippen MR) is 100 cm³/mol. The lowest BCUT2D eigenvalue weighted by Gasteiger charge is -2.21. The number of guanidine groups is 1. The molecule has 1 unspecified atom stereocenters. The summed E-state index contributed by atoms with van der Waals surface area (Å²) < 4.78 is 10.9. The molecule has 7 nitrogen and oxygen atoms in total. The molecular weight excluding hydrogens is 320 g/mol. The van der Waals surface area contributed by atoms with E-state index in [4.69, 9.17) is 9.47 Å². The molecule has 1 rings (SSSR count). The lowest BCUT2D eigenvalue weighted by Crippen LogP contribution is -2.49. The molecule has 0 aliphatic heterocycles. The molecule has 140 valence electrons. The third kappa shape index (κ3) is 8.83. The maximum absolute atomic E-state index is 11.8. The maximum atomic E-state index is 11.8. The van der Waals surface area contributed by atoms with Crippen molar-refractivity contribution in [2.75, 3.05) is 27.2 Å². The molecule has 0 radical (unpaired) electrons. The number of benzene rings is 1. The molecule has 0 aliphatic rings. The number of carbonyl (C=O) groups excluding carboxylic acids is 1. The van der Waals surface area contributed by atoms with Crippen molar-refractivity contribution in [2.45, 2.75) is 39.3 Å². The van der Waals surface area contributed by atoms with Gasteiger partial charge in [0.25, 0.3) is 0 Å². The summed E-state index contributed by atoms with van der Waals surface area (Å²) in [4.78, 5) is 15.9. The molecule has 0 aliphatic carbocycles. The quantitative estimate of drug-likeness (QED) is 0.513. The predicted octanol–water partition coefficient (Wildman–Crippen LogP) is 1.54. The fourth-order valence-corrected chi connectivity index (χ4v) is 2.02. The van der Waals surface area contributed by atoms with Crippen LogP contribution in [0.4, 0.5) is 0 Å². The van der Waals surface area contributed by atoms with E-state index < -0.39 is 0 Å². The average Bonchev–Trinajstić information content (AvgIpc) is 2.54. The number of hydrogen-bond acceptors (Lipinski definition) is 4. The number of aliphatic imine (C=N–C) groups is 1. The van der Waals surface area contributed by atoms with Crippen LogP contribution >= 0.6 is 0 Å². The first kappa shape index (κ1) is 20.6. The van der Waals surface area contributed by atoms with Crippen LogP contribution in [0.3, 0.4) is 0 Å².